The van der Waals surface area contributed by atoms with Gasteiger partial charge in [-0.15, -0.1) is 23.4 Å². The lowest BCUT2D eigenvalue weighted by atomic mass is 10.0. The van der Waals surface area contributed by atoms with E-state index in [1.807, 2.05) is 0 Å². The SMILES string of the molecule is CSc1ccc(C2(CCCCl)OCCO2)cc1. The summed E-state index contributed by atoms with van der Waals surface area (Å²) in [5, 5.41) is 0. The highest BCUT2D eigenvalue weighted by molar-refractivity contribution is 7.98. The summed E-state index contributed by atoms with van der Waals surface area (Å²) in [7, 11) is 0. The van der Waals surface area contributed by atoms with Gasteiger partial charge in [0, 0.05) is 22.8 Å². The predicted octanol–water partition coefficient (Wildman–Crippen LogP) is 3.63. The van der Waals surface area contributed by atoms with Gasteiger partial charge in [0.2, 0.25) is 0 Å². The molecule has 0 radical (unpaired) electrons. The number of thioether (sulfide) groups is 1. The van der Waals surface area contributed by atoms with E-state index in [2.05, 4.69) is 30.5 Å². The molecule has 2 nitrogen and oxygen atoms in total. The molecule has 1 aromatic rings. The van der Waals surface area contributed by atoms with Crippen LogP contribution in [0, 0.1) is 0 Å². The summed E-state index contributed by atoms with van der Waals surface area (Å²) in [5.74, 6) is 0.0726. The summed E-state index contributed by atoms with van der Waals surface area (Å²) in [6.45, 7) is 1.32. The zero-order valence-electron chi connectivity index (χ0n) is 9.95. The second-order valence-electron chi connectivity index (χ2n) is 3.97. The first kappa shape index (κ1) is 13.2. The molecule has 0 unspecified atom stereocenters. The molecule has 1 fully saturated rings. The van der Waals surface area contributed by atoms with Gasteiger partial charge in [-0.25, -0.2) is 0 Å². The van der Waals surface area contributed by atoms with Crippen LogP contribution >= 0.6 is 23.4 Å². The number of hydrogen-bond acceptors (Lipinski definition) is 3. The van der Waals surface area contributed by atoms with Crippen LogP contribution in [0.5, 0.6) is 0 Å². The molecule has 4 heteroatoms. The van der Waals surface area contributed by atoms with Gasteiger partial charge in [0.15, 0.2) is 5.79 Å². The van der Waals surface area contributed by atoms with Crippen molar-refractivity contribution in [1.29, 1.82) is 0 Å². The van der Waals surface area contributed by atoms with Crippen molar-refractivity contribution in [2.45, 2.75) is 23.5 Å². The van der Waals surface area contributed by atoms with E-state index in [1.54, 1.807) is 11.8 Å². The molecule has 1 aliphatic heterocycles. The van der Waals surface area contributed by atoms with E-state index in [4.69, 9.17) is 21.1 Å². The number of halogens is 1. The maximum Gasteiger partial charge on any atom is 0.195 e. The minimum Gasteiger partial charge on any atom is -0.343 e. The number of rotatable bonds is 5. The molecule has 94 valence electrons. The van der Waals surface area contributed by atoms with Crippen LogP contribution < -0.4 is 0 Å². The minimum atomic E-state index is -0.564. The van der Waals surface area contributed by atoms with Gasteiger partial charge < -0.3 is 9.47 Å². The molecule has 0 bridgehead atoms. The maximum absolute atomic E-state index is 5.81. The Morgan fingerprint density at radius 1 is 1.24 bits per heavy atom. The molecule has 1 heterocycles. The van der Waals surface area contributed by atoms with Gasteiger partial charge in [0.1, 0.15) is 0 Å². The lowest BCUT2D eigenvalue weighted by Crippen LogP contribution is -2.27. The molecule has 0 aromatic heterocycles. The van der Waals surface area contributed by atoms with Crippen LogP contribution in [0.3, 0.4) is 0 Å². The van der Waals surface area contributed by atoms with Crippen molar-refractivity contribution in [1.82, 2.24) is 0 Å². The molecule has 0 spiro atoms. The van der Waals surface area contributed by atoms with Gasteiger partial charge in [0.25, 0.3) is 0 Å². The van der Waals surface area contributed by atoms with E-state index < -0.39 is 5.79 Å². The molecular formula is C13H17ClO2S. The Hall–Kier alpha value is -0.220. The lowest BCUT2D eigenvalue weighted by molar-refractivity contribution is -0.170. The summed E-state index contributed by atoms with van der Waals surface area (Å²) < 4.78 is 11.6. The van der Waals surface area contributed by atoms with Crippen LogP contribution in [0.2, 0.25) is 0 Å². The molecule has 1 aliphatic rings. The average molecular weight is 273 g/mol. The first-order valence-corrected chi connectivity index (χ1v) is 7.55. The van der Waals surface area contributed by atoms with Gasteiger partial charge in [0.05, 0.1) is 13.2 Å². The summed E-state index contributed by atoms with van der Waals surface area (Å²) in [6.07, 6.45) is 3.78. The quantitative estimate of drug-likeness (QED) is 0.602. The third-order valence-electron chi connectivity index (χ3n) is 2.92. The van der Waals surface area contributed by atoms with Gasteiger partial charge in [-0.2, -0.15) is 0 Å². The highest BCUT2D eigenvalue weighted by atomic mass is 35.5. The van der Waals surface area contributed by atoms with Gasteiger partial charge in [-0.1, -0.05) is 12.1 Å². The van der Waals surface area contributed by atoms with Crippen LogP contribution in [0.25, 0.3) is 0 Å². The third-order valence-corrected chi connectivity index (χ3v) is 3.93. The van der Waals surface area contributed by atoms with E-state index in [0.717, 1.165) is 18.4 Å². The normalized spacial score (nSPS) is 18.5. The van der Waals surface area contributed by atoms with E-state index in [9.17, 15) is 0 Å². The Labute approximate surface area is 112 Å². The Kier molecular flexibility index (Phi) is 4.74. The Morgan fingerprint density at radius 2 is 1.88 bits per heavy atom. The Bertz CT molecular complexity index is 347. The number of alkyl halides is 1. The van der Waals surface area contributed by atoms with E-state index in [1.165, 1.54) is 4.90 Å². The fourth-order valence-corrected chi connectivity index (χ4v) is 2.60. The fourth-order valence-electron chi connectivity index (χ4n) is 2.05. The topological polar surface area (TPSA) is 18.5 Å². The zero-order chi connectivity index (χ0) is 12.1. The van der Waals surface area contributed by atoms with Crippen molar-refractivity contribution in [3.63, 3.8) is 0 Å². The van der Waals surface area contributed by atoms with Crippen LogP contribution in [0.15, 0.2) is 29.2 Å². The molecule has 0 atom stereocenters. The van der Waals surface area contributed by atoms with Crippen LogP contribution in [-0.4, -0.2) is 25.3 Å². The molecule has 0 amide bonds. The summed E-state index contributed by atoms with van der Waals surface area (Å²) >= 11 is 7.50. The van der Waals surface area contributed by atoms with Gasteiger partial charge in [-0.3, -0.25) is 0 Å². The first-order chi connectivity index (χ1) is 8.30. The van der Waals surface area contributed by atoms with Crippen LogP contribution in [0.1, 0.15) is 18.4 Å². The standard InChI is InChI=1S/C13H17ClO2S/c1-17-12-5-3-11(4-6-12)13(7-2-8-14)15-9-10-16-13/h3-6H,2,7-10H2,1H3. The summed E-state index contributed by atoms with van der Waals surface area (Å²) in [5.41, 5.74) is 1.10. The third kappa shape index (κ3) is 2.97. The van der Waals surface area contributed by atoms with Crippen LogP contribution in [-0.2, 0) is 15.3 Å². The maximum atomic E-state index is 5.81. The molecule has 1 aromatic carbocycles. The lowest BCUT2D eigenvalue weighted by Gasteiger charge is -2.27. The van der Waals surface area contributed by atoms with Crippen molar-refractivity contribution in [3.8, 4) is 0 Å². The second kappa shape index (κ2) is 6.10. The van der Waals surface area contributed by atoms with E-state index >= 15 is 0 Å². The van der Waals surface area contributed by atoms with Crippen molar-refractivity contribution in [3.05, 3.63) is 29.8 Å². The largest absolute Gasteiger partial charge is 0.343 e. The van der Waals surface area contributed by atoms with Gasteiger partial charge in [-0.05, 0) is 24.8 Å². The molecular weight excluding hydrogens is 256 g/mol. The molecule has 0 aliphatic carbocycles. The predicted molar refractivity (Wildman–Crippen MR) is 71.8 cm³/mol. The Balaban J connectivity index is 2.19. The van der Waals surface area contributed by atoms with Crippen LogP contribution in [0.4, 0.5) is 0 Å². The molecule has 2 rings (SSSR count). The molecule has 0 saturated carbocycles. The summed E-state index contributed by atoms with van der Waals surface area (Å²) in [6, 6.07) is 8.39. The highest BCUT2D eigenvalue weighted by Gasteiger charge is 2.37. The monoisotopic (exact) mass is 272 g/mol. The molecule has 17 heavy (non-hydrogen) atoms. The van der Waals surface area contributed by atoms with Crippen molar-refractivity contribution >= 4 is 23.4 Å². The highest BCUT2D eigenvalue weighted by Crippen LogP contribution is 2.36. The Morgan fingerprint density at radius 3 is 2.41 bits per heavy atom. The number of hydrogen-bond donors (Lipinski definition) is 0. The van der Waals surface area contributed by atoms with Crippen molar-refractivity contribution in [2.75, 3.05) is 25.3 Å². The van der Waals surface area contributed by atoms with Gasteiger partial charge >= 0.3 is 0 Å². The summed E-state index contributed by atoms with van der Waals surface area (Å²) in [4.78, 5) is 1.25. The number of ether oxygens (including phenoxy) is 2. The minimum absolute atomic E-state index is 0.564. The van der Waals surface area contributed by atoms with E-state index in [0.29, 0.717) is 19.1 Å². The number of benzene rings is 1. The van der Waals surface area contributed by atoms with E-state index in [-0.39, 0.29) is 0 Å². The molecule has 1 saturated heterocycles. The zero-order valence-corrected chi connectivity index (χ0v) is 11.5. The second-order valence-corrected chi connectivity index (χ2v) is 5.23. The van der Waals surface area contributed by atoms with Crippen molar-refractivity contribution < 1.29 is 9.47 Å². The average Bonchev–Trinajstić information content (AvgIpc) is 2.86. The molecule has 0 N–H and O–H groups in total. The first-order valence-electron chi connectivity index (χ1n) is 5.79. The smallest absolute Gasteiger partial charge is 0.195 e. The van der Waals surface area contributed by atoms with Crippen molar-refractivity contribution in [2.24, 2.45) is 0 Å². The fraction of sp³-hybridized carbons (Fsp3) is 0.538.